The van der Waals surface area contributed by atoms with E-state index in [1.807, 2.05) is 6.07 Å². The van der Waals surface area contributed by atoms with Crippen molar-refractivity contribution >= 4 is 10.8 Å². The summed E-state index contributed by atoms with van der Waals surface area (Å²) in [6.45, 7) is 11.5. The molecule has 152 valence electrons. The minimum Gasteiger partial charge on any atom is -0.493 e. The lowest BCUT2D eigenvalue weighted by atomic mass is 9.93. The number of fused-ring (bicyclic) bond motifs is 3. The molecule has 4 heteroatoms. The Morgan fingerprint density at radius 1 is 1.10 bits per heavy atom. The van der Waals surface area contributed by atoms with Crippen LogP contribution in [0.3, 0.4) is 0 Å². The van der Waals surface area contributed by atoms with Gasteiger partial charge in [0.15, 0.2) is 11.5 Å². The van der Waals surface area contributed by atoms with Gasteiger partial charge in [-0.15, -0.1) is 0 Å². The number of hydrogen-bond acceptors (Lipinski definition) is 4. The van der Waals surface area contributed by atoms with Crippen LogP contribution in [-0.4, -0.2) is 35.7 Å². The van der Waals surface area contributed by atoms with Crippen LogP contribution in [0.2, 0.25) is 0 Å². The number of methoxy groups -OCH3 is 1. The van der Waals surface area contributed by atoms with Crippen molar-refractivity contribution in [2.75, 3.05) is 20.2 Å². The summed E-state index contributed by atoms with van der Waals surface area (Å²) in [6.07, 6.45) is 0.840. The molecule has 0 aliphatic carbocycles. The van der Waals surface area contributed by atoms with Gasteiger partial charge in [-0.2, -0.15) is 0 Å². The van der Waals surface area contributed by atoms with Crippen LogP contribution in [0, 0.1) is 0 Å². The highest BCUT2D eigenvalue weighted by Crippen LogP contribution is 2.48. The number of benzene rings is 2. The van der Waals surface area contributed by atoms with Crippen molar-refractivity contribution in [2.24, 2.45) is 0 Å². The average Bonchev–Trinajstić information content (AvgIpc) is 3.06. The van der Waals surface area contributed by atoms with Gasteiger partial charge in [-0.05, 0) is 44.5 Å². The fraction of sp³-hybridized carbons (Fsp3) is 0.400. The molecule has 4 rings (SSSR count). The second kappa shape index (κ2) is 7.68. The summed E-state index contributed by atoms with van der Waals surface area (Å²) in [7, 11) is 1.71. The number of hydrogen-bond donors (Lipinski definition) is 0. The Morgan fingerprint density at radius 2 is 1.83 bits per heavy atom. The van der Waals surface area contributed by atoms with E-state index in [4.69, 9.17) is 14.5 Å². The highest BCUT2D eigenvalue weighted by Gasteiger charge is 2.35. The maximum atomic E-state index is 6.28. The van der Waals surface area contributed by atoms with E-state index in [1.165, 1.54) is 10.9 Å². The second-order valence-corrected chi connectivity index (χ2v) is 8.31. The molecule has 0 atom stereocenters. The highest BCUT2D eigenvalue weighted by atomic mass is 16.5. The van der Waals surface area contributed by atoms with Crippen LogP contribution >= 0.6 is 0 Å². The lowest BCUT2D eigenvalue weighted by Gasteiger charge is -2.20. The molecule has 1 aliphatic rings. The Kier molecular flexibility index (Phi) is 5.22. The van der Waals surface area contributed by atoms with Gasteiger partial charge in [0.25, 0.3) is 0 Å². The standard InChI is InChI=1S/C25H30N2O2/c1-6-27(7-2)16-19-13-18-14-21(28-5)24-20(15-25(3,4)29-24)22(18)23(26-19)17-11-9-8-10-12-17/h8-14H,6-7,15-16H2,1-5H3. The van der Waals surface area contributed by atoms with Crippen LogP contribution in [-0.2, 0) is 13.0 Å². The molecule has 0 unspecified atom stereocenters. The van der Waals surface area contributed by atoms with Crippen LogP contribution in [0.1, 0.15) is 39.0 Å². The lowest BCUT2D eigenvalue weighted by Crippen LogP contribution is -2.24. The summed E-state index contributed by atoms with van der Waals surface area (Å²) in [5.74, 6) is 1.66. The maximum Gasteiger partial charge on any atom is 0.166 e. The van der Waals surface area contributed by atoms with Crippen molar-refractivity contribution in [1.29, 1.82) is 0 Å². The number of rotatable bonds is 6. The molecule has 0 amide bonds. The van der Waals surface area contributed by atoms with Crippen molar-refractivity contribution in [1.82, 2.24) is 9.88 Å². The number of nitrogens with zero attached hydrogens (tertiary/aromatic N) is 2. The van der Waals surface area contributed by atoms with E-state index < -0.39 is 0 Å². The van der Waals surface area contributed by atoms with E-state index in [0.29, 0.717) is 0 Å². The molecule has 29 heavy (non-hydrogen) atoms. The molecule has 0 saturated carbocycles. The summed E-state index contributed by atoms with van der Waals surface area (Å²) < 4.78 is 12.0. The minimum absolute atomic E-state index is 0.252. The van der Waals surface area contributed by atoms with Gasteiger partial charge < -0.3 is 9.47 Å². The molecule has 0 N–H and O–H groups in total. The van der Waals surface area contributed by atoms with Crippen molar-refractivity contribution in [3.05, 3.63) is 53.7 Å². The topological polar surface area (TPSA) is 34.6 Å². The highest BCUT2D eigenvalue weighted by molar-refractivity contribution is 6.00. The van der Waals surface area contributed by atoms with Crippen LogP contribution in [0.25, 0.3) is 22.0 Å². The van der Waals surface area contributed by atoms with E-state index in [9.17, 15) is 0 Å². The zero-order chi connectivity index (χ0) is 20.6. The molecule has 1 aromatic heterocycles. The van der Waals surface area contributed by atoms with E-state index in [0.717, 1.165) is 59.9 Å². The first kappa shape index (κ1) is 19.7. The molecule has 3 aromatic rings. The van der Waals surface area contributed by atoms with Gasteiger partial charge in [0, 0.05) is 29.5 Å². The molecule has 0 fully saturated rings. The third-order valence-corrected chi connectivity index (χ3v) is 5.72. The molecule has 1 aliphatic heterocycles. The number of aromatic nitrogens is 1. The quantitative estimate of drug-likeness (QED) is 0.559. The Hall–Kier alpha value is -2.59. The van der Waals surface area contributed by atoms with Gasteiger partial charge in [0.1, 0.15) is 5.60 Å². The number of pyridine rings is 1. The third kappa shape index (κ3) is 3.69. The van der Waals surface area contributed by atoms with Gasteiger partial charge >= 0.3 is 0 Å². The number of ether oxygens (including phenoxy) is 2. The molecule has 0 bridgehead atoms. The van der Waals surface area contributed by atoms with Gasteiger partial charge in [0.2, 0.25) is 0 Å². The normalized spacial score (nSPS) is 14.8. The summed E-state index contributed by atoms with van der Waals surface area (Å²) in [4.78, 5) is 7.54. The predicted molar refractivity (Wildman–Crippen MR) is 119 cm³/mol. The SMILES string of the molecule is CCN(CC)Cc1cc2cc(OC)c3c(c2c(-c2ccccc2)n1)CC(C)(C)O3. The van der Waals surface area contributed by atoms with Crippen LogP contribution in [0.4, 0.5) is 0 Å². The van der Waals surface area contributed by atoms with Gasteiger partial charge in [-0.1, -0.05) is 44.2 Å². The van der Waals surface area contributed by atoms with Crippen LogP contribution < -0.4 is 9.47 Å². The zero-order valence-corrected chi connectivity index (χ0v) is 18.1. The first-order valence-electron chi connectivity index (χ1n) is 10.5. The lowest BCUT2D eigenvalue weighted by molar-refractivity contribution is 0.134. The third-order valence-electron chi connectivity index (χ3n) is 5.72. The molecular formula is C25H30N2O2. The monoisotopic (exact) mass is 390 g/mol. The maximum absolute atomic E-state index is 6.28. The summed E-state index contributed by atoms with van der Waals surface area (Å²) in [5.41, 5.74) is 4.20. The fourth-order valence-corrected chi connectivity index (χ4v) is 4.25. The van der Waals surface area contributed by atoms with E-state index >= 15 is 0 Å². The van der Waals surface area contributed by atoms with Crippen molar-refractivity contribution in [3.63, 3.8) is 0 Å². The smallest absolute Gasteiger partial charge is 0.166 e. The van der Waals surface area contributed by atoms with Crippen molar-refractivity contribution < 1.29 is 9.47 Å². The van der Waals surface area contributed by atoms with E-state index in [2.05, 4.69) is 69.0 Å². The Balaban J connectivity index is 2.00. The fourth-order valence-electron chi connectivity index (χ4n) is 4.25. The Labute approximate surface area is 173 Å². The second-order valence-electron chi connectivity index (χ2n) is 8.31. The average molecular weight is 391 g/mol. The molecule has 2 aromatic carbocycles. The van der Waals surface area contributed by atoms with Crippen LogP contribution in [0.5, 0.6) is 11.5 Å². The summed E-state index contributed by atoms with van der Waals surface area (Å²) in [5, 5.41) is 2.35. The molecule has 0 radical (unpaired) electrons. The molecule has 2 heterocycles. The summed E-state index contributed by atoms with van der Waals surface area (Å²) >= 11 is 0. The van der Waals surface area contributed by atoms with Gasteiger partial charge in [0.05, 0.1) is 18.5 Å². The Bertz CT molecular complexity index is 1020. The molecule has 4 nitrogen and oxygen atoms in total. The first-order valence-corrected chi connectivity index (χ1v) is 10.5. The minimum atomic E-state index is -0.252. The largest absolute Gasteiger partial charge is 0.493 e. The Morgan fingerprint density at radius 3 is 2.48 bits per heavy atom. The molecule has 0 saturated heterocycles. The van der Waals surface area contributed by atoms with Crippen LogP contribution in [0.15, 0.2) is 42.5 Å². The predicted octanol–water partition coefficient (Wildman–Crippen LogP) is 5.47. The van der Waals surface area contributed by atoms with E-state index in [1.54, 1.807) is 7.11 Å². The summed E-state index contributed by atoms with van der Waals surface area (Å²) in [6, 6.07) is 14.8. The van der Waals surface area contributed by atoms with E-state index in [-0.39, 0.29) is 5.60 Å². The van der Waals surface area contributed by atoms with Crippen molar-refractivity contribution in [2.45, 2.75) is 46.3 Å². The van der Waals surface area contributed by atoms with Gasteiger partial charge in [-0.3, -0.25) is 9.88 Å². The molecular weight excluding hydrogens is 360 g/mol. The zero-order valence-electron chi connectivity index (χ0n) is 18.1. The van der Waals surface area contributed by atoms with Crippen molar-refractivity contribution in [3.8, 4) is 22.8 Å². The van der Waals surface area contributed by atoms with Gasteiger partial charge in [-0.25, -0.2) is 0 Å². The molecule has 0 spiro atoms. The first-order chi connectivity index (χ1) is 14.0.